The van der Waals surface area contributed by atoms with E-state index in [1.165, 1.54) is 5.56 Å². The summed E-state index contributed by atoms with van der Waals surface area (Å²) < 4.78 is 6.33. The number of nitrogens with one attached hydrogen (secondary N) is 1. The Balaban J connectivity index is 2.25. The van der Waals surface area contributed by atoms with Gasteiger partial charge in [0, 0.05) is 13.1 Å². The van der Waals surface area contributed by atoms with E-state index < -0.39 is 0 Å². The lowest BCUT2D eigenvalue weighted by molar-refractivity contribution is -0.168. The number of benzene rings is 1. The van der Waals surface area contributed by atoms with E-state index in [2.05, 4.69) is 50.4 Å². The average Bonchev–Trinajstić information content (AvgIpc) is 2.30. The van der Waals surface area contributed by atoms with Crippen molar-refractivity contribution in [2.45, 2.75) is 38.4 Å². The van der Waals surface area contributed by atoms with E-state index in [9.17, 15) is 0 Å². The summed E-state index contributed by atoms with van der Waals surface area (Å²) in [6.45, 7) is 8.35. The van der Waals surface area contributed by atoms with Gasteiger partial charge in [-0.3, -0.25) is 0 Å². The largest absolute Gasteiger partial charge is 0.362 e. The number of ether oxygens (including phenoxy) is 1. The van der Waals surface area contributed by atoms with E-state index in [1.54, 1.807) is 0 Å². The molecule has 0 bridgehead atoms. The van der Waals surface area contributed by atoms with Gasteiger partial charge in [0.1, 0.15) is 5.60 Å². The predicted molar refractivity (Wildman–Crippen MR) is 66.4 cm³/mol. The quantitative estimate of drug-likeness (QED) is 0.825. The van der Waals surface area contributed by atoms with Gasteiger partial charge in [0.25, 0.3) is 0 Å². The van der Waals surface area contributed by atoms with Gasteiger partial charge in [-0.2, -0.15) is 0 Å². The Hall–Kier alpha value is -0.860. The molecule has 1 fully saturated rings. The lowest BCUT2D eigenvalue weighted by atomic mass is 9.90. The number of morpholine rings is 1. The van der Waals surface area contributed by atoms with Crippen LogP contribution in [0, 0.1) is 0 Å². The standard InChI is InChI=1S/C14H21NO/c1-4-13(2)10-15-11-14(3,16-13)12-8-6-5-7-9-12/h5-9,15H,4,10-11H2,1-3H3. The van der Waals surface area contributed by atoms with Crippen molar-refractivity contribution in [3.8, 4) is 0 Å². The van der Waals surface area contributed by atoms with Crippen LogP contribution in [0.3, 0.4) is 0 Å². The third kappa shape index (κ3) is 2.13. The zero-order chi connectivity index (χ0) is 11.6. The molecule has 0 spiro atoms. The molecule has 0 amide bonds. The van der Waals surface area contributed by atoms with Gasteiger partial charge in [-0.05, 0) is 25.8 Å². The fourth-order valence-electron chi connectivity index (χ4n) is 2.33. The van der Waals surface area contributed by atoms with Gasteiger partial charge in [-0.25, -0.2) is 0 Å². The minimum absolute atomic E-state index is 0.0527. The van der Waals surface area contributed by atoms with Gasteiger partial charge in [-0.15, -0.1) is 0 Å². The monoisotopic (exact) mass is 219 g/mol. The van der Waals surface area contributed by atoms with Crippen LogP contribution >= 0.6 is 0 Å². The van der Waals surface area contributed by atoms with E-state index in [-0.39, 0.29) is 11.2 Å². The highest BCUT2D eigenvalue weighted by Crippen LogP contribution is 2.34. The van der Waals surface area contributed by atoms with Crippen molar-refractivity contribution in [1.82, 2.24) is 5.32 Å². The van der Waals surface area contributed by atoms with Crippen LogP contribution in [0.1, 0.15) is 32.8 Å². The van der Waals surface area contributed by atoms with Crippen molar-refractivity contribution >= 4 is 0 Å². The second kappa shape index (κ2) is 4.19. The van der Waals surface area contributed by atoms with Crippen molar-refractivity contribution in [2.75, 3.05) is 13.1 Å². The second-order valence-electron chi connectivity index (χ2n) is 5.11. The van der Waals surface area contributed by atoms with Crippen LogP contribution in [0.15, 0.2) is 30.3 Å². The van der Waals surface area contributed by atoms with Crippen LogP contribution < -0.4 is 5.32 Å². The van der Waals surface area contributed by atoms with Crippen LogP contribution in [-0.2, 0) is 10.3 Å². The Morgan fingerprint density at radius 3 is 2.50 bits per heavy atom. The molecule has 0 aliphatic carbocycles. The molecule has 2 heteroatoms. The summed E-state index contributed by atoms with van der Waals surface area (Å²) in [5.41, 5.74) is 0.995. The molecule has 16 heavy (non-hydrogen) atoms. The van der Waals surface area contributed by atoms with E-state index >= 15 is 0 Å². The van der Waals surface area contributed by atoms with Gasteiger partial charge < -0.3 is 10.1 Å². The zero-order valence-electron chi connectivity index (χ0n) is 10.4. The highest BCUT2D eigenvalue weighted by Gasteiger charge is 2.39. The molecular formula is C14H21NO. The number of hydrogen-bond donors (Lipinski definition) is 1. The Bertz CT molecular complexity index is 351. The lowest BCUT2D eigenvalue weighted by Crippen LogP contribution is -2.56. The topological polar surface area (TPSA) is 21.3 Å². The summed E-state index contributed by atoms with van der Waals surface area (Å²) >= 11 is 0. The second-order valence-corrected chi connectivity index (χ2v) is 5.11. The van der Waals surface area contributed by atoms with Crippen molar-refractivity contribution in [1.29, 1.82) is 0 Å². The number of rotatable bonds is 2. The Labute approximate surface area is 98.0 Å². The molecule has 1 N–H and O–H groups in total. The molecule has 1 heterocycles. The molecule has 1 aromatic carbocycles. The van der Waals surface area contributed by atoms with Gasteiger partial charge in [0.15, 0.2) is 0 Å². The molecule has 1 aromatic rings. The first kappa shape index (κ1) is 11.6. The maximum atomic E-state index is 6.33. The Morgan fingerprint density at radius 2 is 1.88 bits per heavy atom. The molecule has 2 atom stereocenters. The van der Waals surface area contributed by atoms with Crippen LogP contribution in [0.2, 0.25) is 0 Å². The highest BCUT2D eigenvalue weighted by molar-refractivity contribution is 5.23. The van der Waals surface area contributed by atoms with Crippen molar-refractivity contribution < 1.29 is 4.74 Å². The molecule has 0 radical (unpaired) electrons. The summed E-state index contributed by atoms with van der Waals surface area (Å²) in [7, 11) is 0. The molecule has 1 aliphatic heterocycles. The van der Waals surface area contributed by atoms with Crippen molar-refractivity contribution in [3.05, 3.63) is 35.9 Å². The average molecular weight is 219 g/mol. The van der Waals surface area contributed by atoms with Crippen LogP contribution in [0.5, 0.6) is 0 Å². The molecule has 2 unspecified atom stereocenters. The van der Waals surface area contributed by atoms with Gasteiger partial charge in [-0.1, -0.05) is 37.3 Å². The van der Waals surface area contributed by atoms with Crippen molar-refractivity contribution in [2.24, 2.45) is 0 Å². The maximum Gasteiger partial charge on any atom is 0.103 e. The Kier molecular flexibility index (Phi) is 3.04. The zero-order valence-corrected chi connectivity index (χ0v) is 10.4. The lowest BCUT2D eigenvalue weighted by Gasteiger charge is -2.45. The van der Waals surface area contributed by atoms with Crippen LogP contribution in [-0.4, -0.2) is 18.7 Å². The summed E-state index contributed by atoms with van der Waals surface area (Å²) in [6.07, 6.45) is 1.03. The van der Waals surface area contributed by atoms with Gasteiger partial charge >= 0.3 is 0 Å². The van der Waals surface area contributed by atoms with Gasteiger partial charge in [0.2, 0.25) is 0 Å². The summed E-state index contributed by atoms with van der Waals surface area (Å²) in [4.78, 5) is 0. The van der Waals surface area contributed by atoms with Crippen LogP contribution in [0.25, 0.3) is 0 Å². The first-order chi connectivity index (χ1) is 7.58. The minimum Gasteiger partial charge on any atom is -0.362 e. The van der Waals surface area contributed by atoms with E-state index in [0.29, 0.717) is 0 Å². The first-order valence-corrected chi connectivity index (χ1v) is 6.04. The molecule has 2 nitrogen and oxygen atoms in total. The molecule has 2 rings (SSSR count). The van der Waals surface area contributed by atoms with Crippen molar-refractivity contribution in [3.63, 3.8) is 0 Å². The predicted octanol–water partition coefficient (Wildman–Crippen LogP) is 2.69. The van der Waals surface area contributed by atoms with E-state index in [1.807, 2.05) is 6.07 Å². The normalized spacial score (nSPS) is 34.9. The SMILES string of the molecule is CCC1(C)CNCC(C)(c2ccccc2)O1. The summed E-state index contributed by atoms with van der Waals surface area (Å²) in [6, 6.07) is 10.5. The molecule has 1 saturated heterocycles. The number of hydrogen-bond acceptors (Lipinski definition) is 2. The maximum absolute atomic E-state index is 6.33. The molecule has 0 aromatic heterocycles. The van der Waals surface area contributed by atoms with E-state index in [0.717, 1.165) is 19.5 Å². The highest BCUT2D eigenvalue weighted by atomic mass is 16.5. The van der Waals surface area contributed by atoms with Gasteiger partial charge in [0.05, 0.1) is 5.60 Å². The fourth-order valence-corrected chi connectivity index (χ4v) is 2.33. The third-order valence-corrected chi connectivity index (χ3v) is 3.57. The molecule has 88 valence electrons. The fraction of sp³-hybridized carbons (Fsp3) is 0.571. The van der Waals surface area contributed by atoms with Crippen LogP contribution in [0.4, 0.5) is 0 Å². The third-order valence-electron chi connectivity index (χ3n) is 3.57. The summed E-state index contributed by atoms with van der Waals surface area (Å²) in [5, 5.41) is 3.49. The molecular weight excluding hydrogens is 198 g/mol. The summed E-state index contributed by atoms with van der Waals surface area (Å²) in [5.74, 6) is 0. The Morgan fingerprint density at radius 1 is 1.19 bits per heavy atom. The smallest absolute Gasteiger partial charge is 0.103 e. The minimum atomic E-state index is -0.204. The molecule has 1 aliphatic rings. The van der Waals surface area contributed by atoms with E-state index in [4.69, 9.17) is 4.74 Å². The molecule has 0 saturated carbocycles. The first-order valence-electron chi connectivity index (χ1n) is 6.04.